The van der Waals surface area contributed by atoms with E-state index in [0.29, 0.717) is 18.7 Å². The molecule has 7 aromatic rings. The molecule has 0 spiro atoms. The molecule has 4 N–H and O–H groups in total. The van der Waals surface area contributed by atoms with E-state index in [-0.39, 0.29) is 29.8 Å². The summed E-state index contributed by atoms with van der Waals surface area (Å²) in [6.07, 6.45) is 1.93. The fourth-order valence-electron chi connectivity index (χ4n) is 8.58. The second-order valence-electron chi connectivity index (χ2n) is 15.9. The number of rotatable bonds is 10. The largest absolute Gasteiger partial charge is 0.453 e. The Morgan fingerprint density at radius 3 is 1.70 bits per heavy atom. The Balaban J connectivity index is 0.917. The molecule has 14 nitrogen and oxygen atoms in total. The molecule has 2 saturated heterocycles. The number of nitrogens with zero attached hydrogens (tertiary/aromatic N) is 4. The van der Waals surface area contributed by atoms with Crippen LogP contribution in [-0.2, 0) is 19.1 Å². The summed E-state index contributed by atoms with van der Waals surface area (Å²) in [5.74, 6) is 1.02. The Labute approximate surface area is 359 Å². The Kier molecular flexibility index (Phi) is 11.0. The summed E-state index contributed by atoms with van der Waals surface area (Å²) in [5, 5.41) is 5.44. The Morgan fingerprint density at radius 2 is 1.20 bits per heavy atom. The lowest BCUT2D eigenvalue weighted by Gasteiger charge is -2.29. The molecule has 3 aromatic carbocycles. The molecule has 2 fully saturated rings. The molecule has 4 atom stereocenters. The first-order valence-electron chi connectivity index (χ1n) is 20.5. The second-order valence-corrected chi connectivity index (χ2v) is 18.0. The molecular weight excluding hydrogens is 813 g/mol. The van der Waals surface area contributed by atoms with E-state index in [1.807, 2.05) is 66.1 Å². The number of aromatic amines is 2. The maximum absolute atomic E-state index is 14.0. The number of benzene rings is 3. The van der Waals surface area contributed by atoms with Gasteiger partial charge < -0.3 is 39.9 Å². The molecule has 0 bridgehead atoms. The van der Waals surface area contributed by atoms with Gasteiger partial charge in [-0.25, -0.2) is 19.6 Å². The van der Waals surface area contributed by atoms with Gasteiger partial charge in [0.05, 0.1) is 48.4 Å². The number of aromatic nitrogens is 4. The molecule has 2 aliphatic rings. The summed E-state index contributed by atoms with van der Waals surface area (Å²) < 4.78 is 12.0. The lowest BCUT2D eigenvalue weighted by atomic mass is 10.0. The number of hydrogen-bond acceptors (Lipinski definition) is 10. The average Bonchev–Trinajstić information content (AvgIpc) is 4.13. The minimum absolute atomic E-state index is 0.107. The zero-order valence-corrected chi connectivity index (χ0v) is 35.8. The number of alkyl carbamates (subject to hydrolysis) is 2. The molecule has 16 heteroatoms. The number of H-pyrrole nitrogens is 2. The van der Waals surface area contributed by atoms with E-state index in [9.17, 15) is 19.2 Å². The third-order valence-electron chi connectivity index (χ3n) is 11.7. The molecule has 4 aromatic heterocycles. The fraction of sp³-hybridized carbons (Fsp3) is 0.333. The van der Waals surface area contributed by atoms with Crippen LogP contribution in [0.4, 0.5) is 9.59 Å². The minimum Gasteiger partial charge on any atom is -0.453 e. The fourth-order valence-corrected chi connectivity index (χ4v) is 11.0. The standard InChI is InChI=1S/C45H46N8O6S2/c1-24(2)38(50-44(56)58-3)42(54)52-18-8-12-32(52)40-46-28-16-14-26(20-30(28)48-40)34-22-36-37(60-34)23-35(61-36)27-15-17-29-31(21-27)49-41(47-29)33-13-9-19-53(33)43(55)39(51-45(57)59-4)25-10-6-5-7-11-25/h5-7,10-11,14-17,20-24,32-33,38-39H,8-9,12-13,18-19H2,1-4H3,(H,46,48)(H,47,49)(H,50,56)(H,51,57)/t32?,33?,38-,39+/m0/s1. The van der Waals surface area contributed by atoms with Gasteiger partial charge in [-0.3, -0.25) is 9.59 Å². The maximum Gasteiger partial charge on any atom is 0.407 e. The monoisotopic (exact) mass is 858 g/mol. The summed E-state index contributed by atoms with van der Waals surface area (Å²) in [6.45, 7) is 4.97. The molecule has 0 radical (unpaired) electrons. The van der Waals surface area contributed by atoms with Gasteiger partial charge in [-0.1, -0.05) is 56.3 Å². The van der Waals surface area contributed by atoms with Gasteiger partial charge in [0, 0.05) is 32.2 Å². The predicted molar refractivity (Wildman–Crippen MR) is 236 cm³/mol. The summed E-state index contributed by atoms with van der Waals surface area (Å²) >= 11 is 3.49. The minimum atomic E-state index is -0.880. The number of ether oxygens (including phenoxy) is 2. The van der Waals surface area contributed by atoms with Crippen molar-refractivity contribution in [3.05, 3.63) is 96.1 Å². The lowest BCUT2D eigenvalue weighted by molar-refractivity contribution is -0.135. The van der Waals surface area contributed by atoms with Crippen molar-refractivity contribution < 1.29 is 28.7 Å². The smallest absolute Gasteiger partial charge is 0.407 e. The number of hydrogen-bond donors (Lipinski definition) is 4. The van der Waals surface area contributed by atoms with Crippen LogP contribution in [0.2, 0.25) is 0 Å². The molecule has 314 valence electrons. The number of likely N-dealkylation sites (tertiary alicyclic amines) is 2. The molecule has 0 saturated carbocycles. The van der Waals surface area contributed by atoms with Crippen LogP contribution in [0.5, 0.6) is 0 Å². The summed E-state index contributed by atoms with van der Waals surface area (Å²) in [5.41, 5.74) is 6.31. The quantitative estimate of drug-likeness (QED) is 0.106. The lowest BCUT2D eigenvalue weighted by Crippen LogP contribution is -2.51. The van der Waals surface area contributed by atoms with Crippen LogP contribution >= 0.6 is 22.7 Å². The number of thiophene rings is 2. The first-order chi connectivity index (χ1) is 29.6. The van der Waals surface area contributed by atoms with Crippen molar-refractivity contribution in [2.75, 3.05) is 27.3 Å². The van der Waals surface area contributed by atoms with Crippen molar-refractivity contribution >= 4 is 78.1 Å². The average molecular weight is 859 g/mol. The summed E-state index contributed by atoms with van der Waals surface area (Å²) in [6, 6.07) is 24.1. The molecule has 4 amide bonds. The highest BCUT2D eigenvalue weighted by Gasteiger charge is 2.39. The van der Waals surface area contributed by atoms with Gasteiger partial charge >= 0.3 is 12.2 Å². The van der Waals surface area contributed by atoms with Crippen LogP contribution in [0.15, 0.2) is 78.9 Å². The van der Waals surface area contributed by atoms with Gasteiger partial charge in [0.2, 0.25) is 5.91 Å². The van der Waals surface area contributed by atoms with Crippen LogP contribution < -0.4 is 10.6 Å². The molecular formula is C45H46N8O6S2. The van der Waals surface area contributed by atoms with E-state index in [1.165, 1.54) is 23.6 Å². The highest BCUT2D eigenvalue weighted by Crippen LogP contribution is 2.43. The van der Waals surface area contributed by atoms with Crippen molar-refractivity contribution in [2.24, 2.45) is 5.92 Å². The number of nitrogens with one attached hydrogen (secondary N) is 4. The summed E-state index contributed by atoms with van der Waals surface area (Å²) in [7, 11) is 2.58. The number of methoxy groups -OCH3 is 2. The van der Waals surface area contributed by atoms with Crippen molar-refractivity contribution in [1.29, 1.82) is 0 Å². The Morgan fingerprint density at radius 1 is 0.689 bits per heavy atom. The van der Waals surface area contributed by atoms with Crippen LogP contribution in [-0.4, -0.2) is 87.1 Å². The number of carbonyl (C=O) groups excluding carboxylic acids is 4. The van der Waals surface area contributed by atoms with Crippen molar-refractivity contribution in [3.8, 4) is 20.9 Å². The first kappa shape index (κ1) is 40.2. The highest BCUT2D eigenvalue weighted by atomic mass is 32.1. The maximum atomic E-state index is 14.0. The van der Waals surface area contributed by atoms with Crippen LogP contribution in [0.1, 0.15) is 74.9 Å². The van der Waals surface area contributed by atoms with Gasteiger partial charge in [0.1, 0.15) is 23.7 Å². The van der Waals surface area contributed by atoms with E-state index in [2.05, 4.69) is 57.0 Å². The number of carbonyl (C=O) groups is 4. The van der Waals surface area contributed by atoms with Crippen LogP contribution in [0.25, 0.3) is 52.3 Å². The molecule has 9 rings (SSSR count). The van der Waals surface area contributed by atoms with Crippen molar-refractivity contribution in [1.82, 2.24) is 40.4 Å². The Bertz CT molecular complexity index is 2740. The topological polar surface area (TPSA) is 175 Å². The zero-order valence-electron chi connectivity index (χ0n) is 34.2. The molecule has 2 aliphatic heterocycles. The third-order valence-corrected chi connectivity index (χ3v) is 14.1. The van der Waals surface area contributed by atoms with Crippen LogP contribution in [0.3, 0.4) is 0 Å². The predicted octanol–water partition coefficient (Wildman–Crippen LogP) is 8.85. The van der Waals surface area contributed by atoms with Crippen molar-refractivity contribution in [2.45, 2.75) is 63.7 Å². The molecule has 6 heterocycles. The summed E-state index contributed by atoms with van der Waals surface area (Å²) in [4.78, 5) is 74.8. The molecule has 0 aliphatic carbocycles. The van der Waals surface area contributed by atoms with Gasteiger partial charge in [0.25, 0.3) is 5.91 Å². The molecule has 2 unspecified atom stereocenters. The number of imidazole rings is 2. The first-order valence-corrected chi connectivity index (χ1v) is 22.1. The zero-order chi connectivity index (χ0) is 42.4. The third kappa shape index (κ3) is 7.81. The van der Waals surface area contributed by atoms with Gasteiger partial charge in [-0.15, -0.1) is 22.7 Å². The number of fused-ring (bicyclic) bond motifs is 3. The van der Waals surface area contributed by atoms with Gasteiger partial charge in [0.15, 0.2) is 0 Å². The van der Waals surface area contributed by atoms with E-state index >= 15 is 0 Å². The number of amides is 4. The van der Waals surface area contributed by atoms with Gasteiger partial charge in [-0.2, -0.15) is 0 Å². The van der Waals surface area contributed by atoms with Crippen molar-refractivity contribution in [3.63, 3.8) is 0 Å². The molecule has 61 heavy (non-hydrogen) atoms. The van der Waals surface area contributed by atoms with E-state index in [4.69, 9.17) is 19.4 Å². The van der Waals surface area contributed by atoms with E-state index in [0.717, 1.165) is 80.3 Å². The van der Waals surface area contributed by atoms with Crippen LogP contribution in [0, 0.1) is 5.92 Å². The highest BCUT2D eigenvalue weighted by molar-refractivity contribution is 7.31. The second kappa shape index (κ2) is 16.7. The van der Waals surface area contributed by atoms with E-state index in [1.54, 1.807) is 22.7 Å². The van der Waals surface area contributed by atoms with Gasteiger partial charge in [-0.05, 0) is 84.7 Å². The van der Waals surface area contributed by atoms with E-state index < -0.39 is 24.3 Å². The Hall–Kier alpha value is -6.26. The SMILES string of the molecule is COC(=O)N[C@H](C(=O)N1CCCC1c1nc2ccc(-c3cc4sc(-c5ccc6nc(C7CCCN7C(=O)[C@H](NC(=O)OC)c7ccccc7)[nH]c6c5)cc4s3)cc2[nH]1)C(C)C. The normalized spacial score (nSPS) is 17.7.